The Hall–Kier alpha value is -2.25. The van der Waals surface area contributed by atoms with E-state index in [0.29, 0.717) is 12.1 Å². The van der Waals surface area contributed by atoms with E-state index in [9.17, 15) is 18.0 Å². The van der Waals surface area contributed by atoms with Gasteiger partial charge in [0.1, 0.15) is 11.9 Å². The van der Waals surface area contributed by atoms with Crippen LogP contribution in [0.4, 0.5) is 13.2 Å². The van der Waals surface area contributed by atoms with Crippen LogP contribution in [-0.2, 0) is 9.53 Å². The molecule has 1 rings (SSSR count). The molecule has 1 aromatic rings. The average Bonchev–Trinajstić information content (AvgIpc) is 2.44. The first-order valence-corrected chi connectivity index (χ1v) is 6.06. The molecule has 0 aliphatic rings. The lowest BCUT2D eigenvalue weighted by Crippen LogP contribution is -2.32. The minimum Gasteiger partial charge on any atom is -0.465 e. The predicted molar refractivity (Wildman–Crippen MR) is 67.7 cm³/mol. The van der Waals surface area contributed by atoms with Crippen molar-refractivity contribution in [2.24, 2.45) is 5.11 Å². The molecule has 0 saturated heterocycles. The number of nitrogens with zero attached hydrogens (tertiary/aromatic N) is 3. The number of ether oxygens (including phenoxy) is 1. The van der Waals surface area contributed by atoms with Gasteiger partial charge in [0.25, 0.3) is 0 Å². The average molecular weight is 302 g/mol. The summed E-state index contributed by atoms with van der Waals surface area (Å²) in [5.74, 6) is -4.56. The summed E-state index contributed by atoms with van der Waals surface area (Å²) in [6.07, 6.45) is 0. The third kappa shape index (κ3) is 4.66. The molecule has 0 fully saturated rings. The number of hydrogen-bond acceptors (Lipinski definition) is 4. The zero-order chi connectivity index (χ0) is 15.8. The molecule has 0 bridgehead atoms. The molecule has 0 radical (unpaired) electrons. The van der Waals surface area contributed by atoms with Gasteiger partial charge in [-0.25, -0.2) is 18.0 Å². The molecule has 0 spiro atoms. The molecule has 1 unspecified atom stereocenters. The number of carbonyl (C=O) groups is 1. The predicted octanol–water partition coefficient (Wildman–Crippen LogP) is 2.61. The Balaban J connectivity index is 3.02. The molecule has 0 aliphatic heterocycles. The van der Waals surface area contributed by atoms with E-state index in [1.807, 2.05) is 0 Å². The second kappa shape index (κ2) is 8.13. The lowest BCUT2D eigenvalue weighted by molar-refractivity contribution is -0.145. The highest BCUT2D eigenvalue weighted by Crippen LogP contribution is 2.21. The summed E-state index contributed by atoms with van der Waals surface area (Å²) < 4.78 is 44.6. The van der Waals surface area contributed by atoms with Gasteiger partial charge in [-0.05, 0) is 18.5 Å². The molecule has 1 aromatic carbocycles. The van der Waals surface area contributed by atoms with Crippen LogP contribution in [0.5, 0.6) is 0 Å². The molecule has 0 amide bonds. The first-order valence-electron chi connectivity index (χ1n) is 6.06. The number of carbonyl (C=O) groups excluding carboxylic acids is 1. The Morgan fingerprint density at radius 3 is 2.67 bits per heavy atom. The minimum absolute atomic E-state index is 0.00228. The van der Waals surface area contributed by atoms with Crippen LogP contribution in [0.25, 0.3) is 10.4 Å². The van der Waals surface area contributed by atoms with E-state index < -0.39 is 29.5 Å². The van der Waals surface area contributed by atoms with E-state index in [0.717, 1.165) is 0 Å². The van der Waals surface area contributed by atoms with Crippen molar-refractivity contribution in [3.05, 3.63) is 45.6 Å². The first kappa shape index (κ1) is 16.8. The van der Waals surface area contributed by atoms with Crippen molar-refractivity contribution in [1.82, 2.24) is 5.32 Å². The Bertz CT molecular complexity index is 562. The zero-order valence-electron chi connectivity index (χ0n) is 11.1. The van der Waals surface area contributed by atoms with Gasteiger partial charge >= 0.3 is 5.97 Å². The molecular formula is C12H13F3N4O2. The van der Waals surface area contributed by atoms with Crippen molar-refractivity contribution in [2.75, 3.05) is 19.7 Å². The Kier molecular flexibility index (Phi) is 6.51. The third-order valence-corrected chi connectivity index (χ3v) is 2.50. The van der Waals surface area contributed by atoms with E-state index in [1.165, 1.54) is 0 Å². The molecular weight excluding hydrogens is 289 g/mol. The van der Waals surface area contributed by atoms with Gasteiger partial charge in [0.05, 0.1) is 6.61 Å². The maximum absolute atomic E-state index is 13.7. The van der Waals surface area contributed by atoms with Crippen LogP contribution < -0.4 is 5.32 Å². The molecule has 0 aromatic heterocycles. The van der Waals surface area contributed by atoms with E-state index in [4.69, 9.17) is 10.3 Å². The first-order chi connectivity index (χ1) is 10.0. The fourth-order valence-electron chi connectivity index (χ4n) is 1.61. The van der Waals surface area contributed by atoms with Gasteiger partial charge < -0.3 is 10.1 Å². The lowest BCUT2D eigenvalue weighted by Gasteiger charge is -2.18. The van der Waals surface area contributed by atoms with Gasteiger partial charge in [0.2, 0.25) is 0 Å². The topological polar surface area (TPSA) is 87.1 Å². The molecule has 9 heteroatoms. The second-order valence-corrected chi connectivity index (χ2v) is 3.88. The van der Waals surface area contributed by atoms with Crippen LogP contribution in [0.3, 0.4) is 0 Å². The summed E-state index contributed by atoms with van der Waals surface area (Å²) in [6.45, 7) is 1.62. The van der Waals surface area contributed by atoms with Gasteiger partial charge in [0, 0.05) is 29.6 Å². The summed E-state index contributed by atoms with van der Waals surface area (Å²) in [5.41, 5.74) is 7.76. The molecule has 1 atom stereocenters. The fraction of sp³-hybridized carbons (Fsp3) is 0.417. The zero-order valence-corrected chi connectivity index (χ0v) is 11.1. The van der Waals surface area contributed by atoms with Gasteiger partial charge in [-0.15, -0.1) is 0 Å². The van der Waals surface area contributed by atoms with Gasteiger partial charge in [0.15, 0.2) is 11.6 Å². The van der Waals surface area contributed by atoms with Gasteiger partial charge in [-0.3, -0.25) is 0 Å². The third-order valence-electron chi connectivity index (χ3n) is 2.50. The molecule has 6 nitrogen and oxygen atoms in total. The van der Waals surface area contributed by atoms with Crippen molar-refractivity contribution in [3.8, 4) is 0 Å². The summed E-state index contributed by atoms with van der Waals surface area (Å²) in [4.78, 5) is 14.3. The normalized spacial score (nSPS) is 11.6. The largest absolute Gasteiger partial charge is 0.465 e. The number of esters is 1. The molecule has 114 valence electrons. The van der Waals surface area contributed by atoms with Crippen molar-refractivity contribution < 1.29 is 22.7 Å². The molecule has 0 heterocycles. The number of azide groups is 1. The highest BCUT2D eigenvalue weighted by atomic mass is 19.2. The smallest absolute Gasteiger partial charge is 0.327 e. The van der Waals surface area contributed by atoms with Gasteiger partial charge in [-0.2, -0.15) is 0 Å². The highest BCUT2D eigenvalue weighted by Gasteiger charge is 2.26. The maximum atomic E-state index is 13.7. The highest BCUT2D eigenvalue weighted by molar-refractivity contribution is 5.77. The van der Waals surface area contributed by atoms with Crippen molar-refractivity contribution in [3.63, 3.8) is 0 Å². The molecule has 0 saturated carbocycles. The number of hydrogen-bond donors (Lipinski definition) is 1. The van der Waals surface area contributed by atoms with Crippen LogP contribution in [-0.4, -0.2) is 25.7 Å². The number of halogens is 3. The van der Waals surface area contributed by atoms with E-state index in [1.54, 1.807) is 6.92 Å². The SMILES string of the molecule is CCOC(=O)C(NCCN=[N+]=[N-])c1cc(F)c(F)cc1F. The molecule has 1 N–H and O–H groups in total. The standard InChI is InChI=1S/C12H13F3N4O2/c1-2-21-12(20)11(17-3-4-18-19-16)7-5-9(14)10(15)6-8(7)13/h5-6,11,17H,2-4H2,1H3. The van der Waals surface area contributed by atoms with E-state index in [-0.39, 0.29) is 25.3 Å². The second-order valence-electron chi connectivity index (χ2n) is 3.88. The molecule has 21 heavy (non-hydrogen) atoms. The lowest BCUT2D eigenvalue weighted by atomic mass is 10.1. The summed E-state index contributed by atoms with van der Waals surface area (Å²) in [7, 11) is 0. The van der Waals surface area contributed by atoms with Crippen molar-refractivity contribution in [1.29, 1.82) is 0 Å². The number of nitrogens with one attached hydrogen (secondary N) is 1. The van der Waals surface area contributed by atoms with Crippen molar-refractivity contribution >= 4 is 5.97 Å². The van der Waals surface area contributed by atoms with Gasteiger partial charge in [-0.1, -0.05) is 5.11 Å². The van der Waals surface area contributed by atoms with E-state index in [2.05, 4.69) is 15.3 Å². The van der Waals surface area contributed by atoms with E-state index >= 15 is 0 Å². The summed E-state index contributed by atoms with van der Waals surface area (Å²) in [6, 6.07) is -0.382. The van der Waals surface area contributed by atoms with Crippen molar-refractivity contribution in [2.45, 2.75) is 13.0 Å². The van der Waals surface area contributed by atoms with Crippen LogP contribution in [0.2, 0.25) is 0 Å². The number of benzene rings is 1. The maximum Gasteiger partial charge on any atom is 0.327 e. The molecule has 0 aliphatic carbocycles. The van der Waals surface area contributed by atoms with Crippen LogP contribution in [0.15, 0.2) is 17.2 Å². The fourth-order valence-corrected chi connectivity index (χ4v) is 1.61. The minimum atomic E-state index is -1.35. The Morgan fingerprint density at radius 2 is 2.05 bits per heavy atom. The van der Waals surface area contributed by atoms with Crippen LogP contribution in [0, 0.1) is 17.5 Å². The Morgan fingerprint density at radius 1 is 1.38 bits per heavy atom. The number of rotatable bonds is 7. The quantitative estimate of drug-likeness (QED) is 0.210. The van der Waals surface area contributed by atoms with Crippen LogP contribution >= 0.6 is 0 Å². The monoisotopic (exact) mass is 302 g/mol. The summed E-state index contributed by atoms with van der Waals surface area (Å²) >= 11 is 0. The van der Waals surface area contributed by atoms with Crippen LogP contribution in [0.1, 0.15) is 18.5 Å². The Labute approximate surface area is 118 Å². The summed E-state index contributed by atoms with van der Waals surface area (Å²) in [5, 5.41) is 5.81.